The third kappa shape index (κ3) is 4.90. The Kier molecular flexibility index (Phi) is 8.15. The summed E-state index contributed by atoms with van der Waals surface area (Å²) in [6.07, 6.45) is 3.52. The monoisotopic (exact) mass is 311 g/mol. The van der Waals surface area contributed by atoms with Crippen LogP contribution < -0.4 is 5.32 Å². The van der Waals surface area contributed by atoms with Gasteiger partial charge in [0.15, 0.2) is 0 Å². The van der Waals surface area contributed by atoms with E-state index in [0.29, 0.717) is 12.1 Å². The first kappa shape index (κ1) is 17.9. The summed E-state index contributed by atoms with van der Waals surface area (Å²) in [5.74, 6) is 0. The van der Waals surface area contributed by atoms with Gasteiger partial charge in [0.25, 0.3) is 0 Å². The van der Waals surface area contributed by atoms with Crippen molar-refractivity contribution in [2.24, 2.45) is 0 Å². The second-order valence-electron chi connectivity index (χ2n) is 4.63. The van der Waals surface area contributed by atoms with Crippen molar-refractivity contribution < 1.29 is 0 Å². The van der Waals surface area contributed by atoms with Gasteiger partial charge in [0.2, 0.25) is 0 Å². The molecule has 1 aliphatic heterocycles. The molecule has 3 nitrogen and oxygen atoms in total. The van der Waals surface area contributed by atoms with Gasteiger partial charge < -0.3 is 5.32 Å². The Morgan fingerprint density at radius 2 is 1.94 bits per heavy atom. The normalized spacial score (nSPS) is 23.9. The van der Waals surface area contributed by atoms with Crippen LogP contribution in [0.5, 0.6) is 0 Å². The number of rotatable bonds is 2. The molecule has 0 spiro atoms. The number of pyridine rings is 1. The lowest BCUT2D eigenvalue weighted by Crippen LogP contribution is -2.53. The van der Waals surface area contributed by atoms with Crippen molar-refractivity contribution >= 4 is 36.4 Å². The highest BCUT2D eigenvalue weighted by molar-refractivity contribution is 6.31. The molecule has 104 valence electrons. The minimum absolute atomic E-state index is 0. The minimum atomic E-state index is 0. The molecule has 0 saturated carbocycles. The van der Waals surface area contributed by atoms with E-state index >= 15 is 0 Å². The van der Waals surface area contributed by atoms with Gasteiger partial charge in [0.1, 0.15) is 0 Å². The maximum atomic E-state index is 6.11. The maximum absolute atomic E-state index is 6.11. The average Bonchev–Trinajstić information content (AvgIpc) is 2.20. The molecule has 1 aromatic heterocycles. The Hall–Kier alpha value is -0.0600. The summed E-state index contributed by atoms with van der Waals surface area (Å²) in [5.41, 5.74) is 1.16. The quantitative estimate of drug-likeness (QED) is 0.910. The predicted molar refractivity (Wildman–Crippen MR) is 81.1 cm³/mol. The molecular formula is C12H20Cl3N3. The molecule has 1 saturated heterocycles. The third-order valence-electron chi connectivity index (χ3n) is 2.88. The van der Waals surface area contributed by atoms with E-state index in [1.165, 1.54) is 0 Å². The molecule has 2 rings (SSSR count). The highest BCUT2D eigenvalue weighted by Crippen LogP contribution is 2.17. The van der Waals surface area contributed by atoms with Crippen LogP contribution in [0.25, 0.3) is 0 Å². The zero-order valence-electron chi connectivity index (χ0n) is 10.6. The van der Waals surface area contributed by atoms with Gasteiger partial charge in [0, 0.05) is 44.1 Å². The molecule has 1 fully saturated rings. The fourth-order valence-electron chi connectivity index (χ4n) is 2.34. The minimum Gasteiger partial charge on any atom is -0.309 e. The zero-order valence-corrected chi connectivity index (χ0v) is 13.0. The van der Waals surface area contributed by atoms with Crippen LogP contribution in [0.15, 0.2) is 18.5 Å². The molecule has 0 radical (unpaired) electrons. The van der Waals surface area contributed by atoms with Crippen molar-refractivity contribution in [1.82, 2.24) is 15.2 Å². The summed E-state index contributed by atoms with van der Waals surface area (Å²) in [6.45, 7) is 7.50. The van der Waals surface area contributed by atoms with Crippen molar-refractivity contribution in [3.8, 4) is 0 Å². The highest BCUT2D eigenvalue weighted by Gasteiger charge is 2.21. The molecule has 2 heterocycles. The van der Waals surface area contributed by atoms with Gasteiger partial charge in [-0.25, -0.2) is 0 Å². The lowest BCUT2D eigenvalue weighted by Gasteiger charge is -2.36. The number of halogens is 3. The molecule has 0 bridgehead atoms. The van der Waals surface area contributed by atoms with Crippen LogP contribution >= 0.6 is 36.4 Å². The second kappa shape index (κ2) is 8.18. The van der Waals surface area contributed by atoms with Crippen molar-refractivity contribution in [2.75, 3.05) is 13.1 Å². The molecule has 0 aromatic carbocycles. The molecule has 0 aliphatic carbocycles. The number of hydrogen-bond acceptors (Lipinski definition) is 3. The molecule has 1 N–H and O–H groups in total. The summed E-state index contributed by atoms with van der Waals surface area (Å²) < 4.78 is 0. The predicted octanol–water partition coefficient (Wildman–Crippen LogP) is 2.76. The zero-order chi connectivity index (χ0) is 11.5. The molecular weight excluding hydrogens is 293 g/mol. The van der Waals surface area contributed by atoms with E-state index in [1.807, 2.05) is 6.07 Å². The summed E-state index contributed by atoms with van der Waals surface area (Å²) in [4.78, 5) is 6.44. The lowest BCUT2D eigenvalue weighted by atomic mass is 10.1. The Balaban J connectivity index is 0.00000144. The SMILES string of the molecule is CC1CN(Cc2ccncc2Cl)CC(C)N1.Cl.Cl. The summed E-state index contributed by atoms with van der Waals surface area (Å²) >= 11 is 6.11. The Morgan fingerprint density at radius 3 is 2.50 bits per heavy atom. The Labute approximate surface area is 126 Å². The number of aromatic nitrogens is 1. The maximum Gasteiger partial charge on any atom is 0.0634 e. The molecule has 2 unspecified atom stereocenters. The van der Waals surface area contributed by atoms with Crippen LogP contribution in [0.2, 0.25) is 5.02 Å². The largest absolute Gasteiger partial charge is 0.309 e. The van der Waals surface area contributed by atoms with E-state index in [0.717, 1.165) is 30.2 Å². The van der Waals surface area contributed by atoms with Crippen LogP contribution in [0, 0.1) is 0 Å². The van der Waals surface area contributed by atoms with Crippen LogP contribution in [0.3, 0.4) is 0 Å². The summed E-state index contributed by atoms with van der Waals surface area (Å²) in [7, 11) is 0. The van der Waals surface area contributed by atoms with Crippen LogP contribution in [-0.4, -0.2) is 35.1 Å². The van der Waals surface area contributed by atoms with Crippen LogP contribution in [-0.2, 0) is 6.54 Å². The van der Waals surface area contributed by atoms with Gasteiger partial charge >= 0.3 is 0 Å². The number of hydrogen-bond donors (Lipinski definition) is 1. The number of nitrogens with zero attached hydrogens (tertiary/aromatic N) is 2. The number of nitrogens with one attached hydrogen (secondary N) is 1. The van der Waals surface area contributed by atoms with Gasteiger partial charge in [0.05, 0.1) is 5.02 Å². The van der Waals surface area contributed by atoms with E-state index in [9.17, 15) is 0 Å². The second-order valence-corrected chi connectivity index (χ2v) is 5.04. The van der Waals surface area contributed by atoms with E-state index in [1.54, 1.807) is 12.4 Å². The number of piperazine rings is 1. The molecule has 0 amide bonds. The first-order valence-corrected chi connectivity index (χ1v) is 6.09. The van der Waals surface area contributed by atoms with Crippen molar-refractivity contribution in [3.63, 3.8) is 0 Å². The fraction of sp³-hybridized carbons (Fsp3) is 0.583. The van der Waals surface area contributed by atoms with Crippen molar-refractivity contribution in [2.45, 2.75) is 32.5 Å². The highest BCUT2D eigenvalue weighted by atomic mass is 35.5. The van der Waals surface area contributed by atoms with Crippen LogP contribution in [0.1, 0.15) is 19.4 Å². The van der Waals surface area contributed by atoms with E-state index < -0.39 is 0 Å². The van der Waals surface area contributed by atoms with Gasteiger partial charge in [-0.1, -0.05) is 11.6 Å². The molecule has 6 heteroatoms. The fourth-order valence-corrected chi connectivity index (χ4v) is 2.52. The van der Waals surface area contributed by atoms with E-state index in [2.05, 4.69) is 29.0 Å². The first-order valence-electron chi connectivity index (χ1n) is 5.72. The van der Waals surface area contributed by atoms with Gasteiger partial charge in [-0.05, 0) is 25.5 Å². The average molecular weight is 313 g/mol. The smallest absolute Gasteiger partial charge is 0.0634 e. The summed E-state index contributed by atoms with van der Waals surface area (Å²) in [5, 5.41) is 4.29. The Morgan fingerprint density at radius 1 is 1.33 bits per heavy atom. The van der Waals surface area contributed by atoms with Crippen molar-refractivity contribution in [3.05, 3.63) is 29.0 Å². The van der Waals surface area contributed by atoms with Gasteiger partial charge in [-0.15, -0.1) is 24.8 Å². The topological polar surface area (TPSA) is 28.2 Å². The van der Waals surface area contributed by atoms with Gasteiger partial charge in [-0.2, -0.15) is 0 Å². The Bertz CT molecular complexity index is 352. The molecule has 2 atom stereocenters. The molecule has 1 aliphatic rings. The van der Waals surface area contributed by atoms with Crippen molar-refractivity contribution in [1.29, 1.82) is 0 Å². The first-order chi connectivity index (χ1) is 7.65. The van der Waals surface area contributed by atoms with E-state index in [-0.39, 0.29) is 24.8 Å². The lowest BCUT2D eigenvalue weighted by molar-refractivity contribution is 0.166. The summed E-state index contributed by atoms with van der Waals surface area (Å²) in [6, 6.07) is 3.09. The third-order valence-corrected chi connectivity index (χ3v) is 3.22. The van der Waals surface area contributed by atoms with Crippen LogP contribution in [0.4, 0.5) is 0 Å². The van der Waals surface area contributed by atoms with E-state index in [4.69, 9.17) is 11.6 Å². The molecule has 1 aromatic rings. The molecule has 18 heavy (non-hydrogen) atoms. The van der Waals surface area contributed by atoms with Gasteiger partial charge in [-0.3, -0.25) is 9.88 Å². The standard InChI is InChI=1S/C12H18ClN3.2ClH/c1-9-6-16(7-10(2)15-9)8-11-3-4-14-5-12(11)13;;/h3-5,9-10,15H,6-8H2,1-2H3;2*1H.